The minimum atomic E-state index is -1.21. The van der Waals surface area contributed by atoms with Crippen molar-refractivity contribution >= 4 is 164 Å². The first kappa shape index (κ1) is 86.8. The highest BCUT2D eigenvalue weighted by atomic mass is 32.2. The zero-order chi connectivity index (χ0) is 80.5. The monoisotopic (exact) mass is 1650 g/mol. The van der Waals surface area contributed by atoms with Crippen molar-refractivity contribution in [3.05, 3.63) is 171 Å². The number of nitrogens with two attached hydrogens (primary N) is 3. The van der Waals surface area contributed by atoms with Gasteiger partial charge in [-0.2, -0.15) is 35.3 Å². The molecule has 6 aliphatic carbocycles. The Bertz CT molecular complexity index is 4330. The molecule has 0 aromatic heterocycles. The Kier molecular flexibility index (Phi) is 33.1. The first-order valence-electron chi connectivity index (χ1n) is 35.4. The molecular formula is C77H84N5O24S6+. The summed E-state index contributed by atoms with van der Waals surface area (Å²) in [5, 5.41) is 60.3. The van der Waals surface area contributed by atoms with Crippen LogP contribution in [0.25, 0.3) is 11.1 Å². The fourth-order valence-electron chi connectivity index (χ4n) is 12.5. The van der Waals surface area contributed by atoms with Crippen LogP contribution in [-0.4, -0.2) is 234 Å². The molecule has 2 aromatic rings. The number of aliphatic carboxylic acids is 3. The maximum absolute atomic E-state index is 12.8. The summed E-state index contributed by atoms with van der Waals surface area (Å²) in [4.78, 5) is 132. The number of thioether (sulfide) groups is 4. The predicted molar refractivity (Wildman–Crippen MR) is 425 cm³/mol. The van der Waals surface area contributed by atoms with E-state index in [9.17, 15) is 73.2 Å². The Morgan fingerprint density at radius 1 is 0.589 bits per heavy atom. The van der Waals surface area contributed by atoms with E-state index in [-0.39, 0.29) is 134 Å². The molecule has 596 valence electrons. The van der Waals surface area contributed by atoms with Gasteiger partial charge in [-0.05, 0) is 90.0 Å². The number of aliphatic hydroxyl groups is 1. The molecule has 0 radical (unpaired) electrons. The van der Waals surface area contributed by atoms with Crippen molar-refractivity contribution in [1.82, 2.24) is 10.6 Å². The normalized spacial score (nSPS) is 21.6. The fraction of sp³-hybridized carbons (Fsp3) is 0.403. The fourth-order valence-corrected chi connectivity index (χ4v) is 19.0. The lowest BCUT2D eigenvalue weighted by Crippen LogP contribution is -2.50. The van der Waals surface area contributed by atoms with E-state index in [2.05, 4.69) is 10.6 Å². The Hall–Kier alpha value is -9.14. The number of nitrogens with one attached hydrogen (secondary N) is 2. The molecule has 35 heteroatoms. The van der Waals surface area contributed by atoms with Crippen molar-refractivity contribution in [1.29, 1.82) is 0 Å². The van der Waals surface area contributed by atoms with Gasteiger partial charge in [0.05, 0.1) is 76.0 Å². The molecule has 0 saturated heterocycles. The van der Waals surface area contributed by atoms with Crippen LogP contribution >= 0.6 is 71.5 Å². The smallest absolute Gasteiger partial charge is 0.336 e. The predicted octanol–water partition coefficient (Wildman–Crippen LogP) is 4.73. The van der Waals surface area contributed by atoms with Crippen molar-refractivity contribution in [3.8, 4) is 5.75 Å². The molecule has 2 aliphatic heterocycles. The summed E-state index contributed by atoms with van der Waals surface area (Å²) in [6.45, 7) is 1.29. The number of carboxylic acid groups (broad SMARTS) is 4. The van der Waals surface area contributed by atoms with Crippen molar-refractivity contribution in [2.24, 2.45) is 23.3 Å². The van der Waals surface area contributed by atoms with Gasteiger partial charge in [-0.25, -0.2) is 14.4 Å². The van der Waals surface area contributed by atoms with Gasteiger partial charge in [-0.1, -0.05) is 73.0 Å². The third-order valence-electron chi connectivity index (χ3n) is 18.4. The molecule has 2 saturated carbocycles. The second kappa shape index (κ2) is 42.7. The molecule has 2 aromatic carbocycles. The molecule has 0 bridgehead atoms. The number of ether oxygens (including phenoxy) is 8. The summed E-state index contributed by atoms with van der Waals surface area (Å²) in [6.07, 6.45) is 21.2. The van der Waals surface area contributed by atoms with Crippen LogP contribution in [0.1, 0.15) is 71.1 Å². The zero-order valence-electron chi connectivity index (χ0n) is 60.2. The van der Waals surface area contributed by atoms with Crippen LogP contribution in [0, 0.1) is 11.8 Å². The van der Waals surface area contributed by atoms with Gasteiger partial charge >= 0.3 is 29.8 Å². The number of ketones is 2. The van der Waals surface area contributed by atoms with E-state index >= 15 is 0 Å². The number of allylic oxidation sites excluding steroid dienone is 8. The number of aromatic carboxylic acids is 1. The number of carboxylic acids is 4. The van der Waals surface area contributed by atoms with Crippen LogP contribution in [0.15, 0.2) is 143 Å². The number of primary amides is 1. The lowest BCUT2D eigenvalue weighted by atomic mass is 9.78. The summed E-state index contributed by atoms with van der Waals surface area (Å²) in [5.74, 6) is -5.45. The van der Waals surface area contributed by atoms with E-state index in [4.69, 9.17) is 84.3 Å². The highest BCUT2D eigenvalue weighted by Gasteiger charge is 2.41. The van der Waals surface area contributed by atoms with Crippen molar-refractivity contribution in [2.75, 3.05) is 75.9 Å². The van der Waals surface area contributed by atoms with Gasteiger partial charge in [0.1, 0.15) is 59.1 Å². The molecule has 3 amide bonds. The van der Waals surface area contributed by atoms with Crippen LogP contribution < -0.4 is 32.2 Å². The third kappa shape index (κ3) is 24.9. The van der Waals surface area contributed by atoms with Crippen LogP contribution in [0.4, 0.5) is 0 Å². The zero-order valence-corrected chi connectivity index (χ0v) is 65.1. The van der Waals surface area contributed by atoms with E-state index < -0.39 is 83.8 Å². The summed E-state index contributed by atoms with van der Waals surface area (Å²) < 4.78 is 45.2. The number of carbonyl (C=O) groups excluding carboxylic acids is 7. The van der Waals surface area contributed by atoms with E-state index in [0.717, 1.165) is 36.8 Å². The number of rotatable bonds is 45. The van der Waals surface area contributed by atoms with Crippen LogP contribution in [0.2, 0.25) is 0 Å². The average molecular weight is 1660 g/mol. The molecule has 11 unspecified atom stereocenters. The molecule has 112 heavy (non-hydrogen) atoms. The number of hydrogen-bond donors (Lipinski definition) is 10. The van der Waals surface area contributed by atoms with Crippen molar-refractivity contribution < 1.29 is 122 Å². The molecule has 0 spiro atoms. The van der Waals surface area contributed by atoms with E-state index in [1.807, 2.05) is 6.07 Å². The van der Waals surface area contributed by atoms with Crippen LogP contribution in [0.5, 0.6) is 5.75 Å². The van der Waals surface area contributed by atoms with E-state index in [0.29, 0.717) is 96.0 Å². The van der Waals surface area contributed by atoms with E-state index in [1.165, 1.54) is 60.0 Å². The lowest BCUT2D eigenvalue weighted by molar-refractivity contribution is -0.141. The average Bonchev–Trinajstić information content (AvgIpc) is 0.754. The maximum Gasteiger partial charge on any atom is 0.336 e. The van der Waals surface area contributed by atoms with Gasteiger partial charge in [0.25, 0.3) is 12.9 Å². The summed E-state index contributed by atoms with van der Waals surface area (Å²) in [6, 6.07) is 7.18. The lowest BCUT2D eigenvalue weighted by Gasteiger charge is -2.36. The minimum absolute atomic E-state index is 0.00317. The number of carbonyl (C=O) groups is 11. The number of fused-ring (bicyclic) bond motifs is 4. The SMILES string of the molecule is NC(=O)C(=[NH2+])CSC1CCC1SCC(N)C(=O)O.O=COC1=CC2OC3=CC(=O)C=CC3C(c3ccc(CC(=S)COCCOCCC(=O)NC(CSC4CCC4SCC(NC(=O)CCOCCOCC(=S)Cc4ccc(C5=C6C=CC(O)=CC6OC6=CC(=O)C=CC65)c(C(=O)O)c4)C(=O)O)C(=O)O)cc3OC=O)=C2C=C1. The minimum Gasteiger partial charge on any atom is -0.508 e. The number of aliphatic hydroxyl groups excluding tert-OH is 1. The highest BCUT2D eigenvalue weighted by Crippen LogP contribution is 2.49. The van der Waals surface area contributed by atoms with Crippen LogP contribution in [0.3, 0.4) is 0 Å². The number of amides is 3. The van der Waals surface area contributed by atoms with Gasteiger partial charge < -0.3 is 85.5 Å². The maximum atomic E-state index is 12.8. The first-order chi connectivity index (χ1) is 53.8. The topological polar surface area (TPSA) is 464 Å². The Balaban J connectivity index is 0.000000703. The highest BCUT2D eigenvalue weighted by molar-refractivity contribution is 8.04. The Morgan fingerprint density at radius 2 is 1.06 bits per heavy atom. The molecule has 2 heterocycles. The largest absolute Gasteiger partial charge is 0.508 e. The second-order valence-corrected chi connectivity index (χ2v) is 32.5. The Labute approximate surface area is 671 Å². The number of hydrogen-bond acceptors (Lipinski definition) is 27. The summed E-state index contributed by atoms with van der Waals surface area (Å²) >= 11 is 17.1. The molecular weight excluding hydrogens is 1570 g/mol. The molecule has 29 nitrogen and oxygen atoms in total. The summed E-state index contributed by atoms with van der Waals surface area (Å²) in [5.41, 5.74) is 15.8. The Morgan fingerprint density at radius 3 is 1.55 bits per heavy atom. The molecule has 13 N–H and O–H groups in total. The first-order valence-corrected chi connectivity index (χ1v) is 40.4. The van der Waals surface area contributed by atoms with Crippen LogP contribution in [-0.2, 0) is 93.9 Å². The number of benzene rings is 2. The van der Waals surface area contributed by atoms with Gasteiger partial charge in [0.15, 0.2) is 11.6 Å². The standard InChI is InChI=1S/C67H66N2O21S4.C10H17N3O3S2/c70-35-87-42-6-12-50-58(30-42)90-57-29-41(74)5-11-49(57)64(50)46-8-2-38(26-54(46)88-36-71)24-44(92)32-86-22-20-84-18-16-62(76)69-53(67(81)82)34-94-60-14-13-59(60)93-33-52(66(79)80)68-61(75)15-17-83-19-21-85-31-43(91)23-37-1-7-45(51(25-37)65(77)78)63-47-9-3-39(72)27-55(47)89-56-28-40(73)4-10-48(56)63;11-5(9(13)14)3-17-7-1-2-8(7)18-4-6(12)10(15)16/h1-12,25-30,35-36,47,49,52-53,56,58-60,73H,13-24,31-34H2,(H,68,75)(H,69,76)(H,77,78)(H,79,80)(H,81,82);6-8,11H,1-4,12H2,(H2,13,14)(H,15,16)/p+1. The van der Waals surface area contributed by atoms with Crippen molar-refractivity contribution in [3.63, 3.8) is 0 Å². The number of thiocarbonyl (C=S) groups is 2. The molecule has 11 atom stereocenters. The van der Waals surface area contributed by atoms with Crippen molar-refractivity contribution in [2.45, 2.75) is 103 Å². The van der Waals surface area contributed by atoms with Gasteiger partial charge in [-0.3, -0.25) is 43.8 Å². The quantitative estimate of drug-likeness (QED) is 0.0185. The van der Waals surface area contributed by atoms with Gasteiger partial charge in [-0.15, -0.1) is 11.8 Å². The van der Waals surface area contributed by atoms with Gasteiger partial charge in [0.2, 0.25) is 17.5 Å². The third-order valence-corrected chi connectivity index (χ3v) is 25.3. The van der Waals surface area contributed by atoms with Gasteiger partial charge in [0, 0.05) is 115 Å². The molecule has 2 fully saturated rings. The molecule has 8 aliphatic rings. The van der Waals surface area contributed by atoms with E-state index in [1.54, 1.807) is 90.3 Å². The molecule has 10 rings (SSSR count). The summed E-state index contributed by atoms with van der Waals surface area (Å²) in [7, 11) is 0. The second-order valence-electron chi connectivity index (χ2n) is 26.3.